The first-order valence-electron chi connectivity index (χ1n) is 4.04. The second-order valence-electron chi connectivity index (χ2n) is 2.83. The van der Waals surface area contributed by atoms with Crippen molar-refractivity contribution in [3.8, 4) is 5.75 Å². The van der Waals surface area contributed by atoms with Crippen molar-refractivity contribution in [3.05, 3.63) is 23.8 Å². The van der Waals surface area contributed by atoms with E-state index in [1.165, 1.54) is 0 Å². The van der Waals surface area contributed by atoms with Crippen LogP contribution in [0.3, 0.4) is 0 Å². The molecule has 80 valence electrons. The highest BCUT2D eigenvalue weighted by molar-refractivity contribution is 5.85. The van der Waals surface area contributed by atoms with Gasteiger partial charge in [-0.25, -0.2) is 0 Å². The van der Waals surface area contributed by atoms with Crippen LogP contribution >= 0.6 is 12.4 Å². The SMILES string of the molecule is Cc1cc(OC(O)CN)ccc1N.Cl. The van der Waals surface area contributed by atoms with Gasteiger partial charge in [-0.2, -0.15) is 0 Å². The smallest absolute Gasteiger partial charge is 0.209 e. The van der Waals surface area contributed by atoms with E-state index >= 15 is 0 Å². The molecule has 0 bridgehead atoms. The quantitative estimate of drug-likeness (QED) is 0.514. The lowest BCUT2D eigenvalue weighted by atomic mass is 10.2. The number of ether oxygens (including phenoxy) is 1. The van der Waals surface area contributed by atoms with Crippen LogP contribution in [0.25, 0.3) is 0 Å². The van der Waals surface area contributed by atoms with E-state index in [2.05, 4.69) is 0 Å². The summed E-state index contributed by atoms with van der Waals surface area (Å²) >= 11 is 0. The number of hydrogen-bond acceptors (Lipinski definition) is 4. The molecule has 5 N–H and O–H groups in total. The summed E-state index contributed by atoms with van der Waals surface area (Å²) in [6, 6.07) is 5.18. The lowest BCUT2D eigenvalue weighted by molar-refractivity contribution is -0.00859. The summed E-state index contributed by atoms with van der Waals surface area (Å²) < 4.78 is 5.07. The van der Waals surface area contributed by atoms with Crippen LogP contribution in [0.1, 0.15) is 5.56 Å². The molecular formula is C9H15ClN2O2. The maximum atomic E-state index is 9.09. The normalized spacial score (nSPS) is 11.6. The molecule has 0 saturated carbocycles. The molecule has 0 aromatic heterocycles. The molecule has 0 aliphatic heterocycles. The number of anilines is 1. The van der Waals surface area contributed by atoms with Crippen LogP contribution in [-0.2, 0) is 0 Å². The maximum absolute atomic E-state index is 9.09. The zero-order chi connectivity index (χ0) is 9.84. The van der Waals surface area contributed by atoms with Crippen molar-refractivity contribution in [2.45, 2.75) is 13.2 Å². The van der Waals surface area contributed by atoms with E-state index in [1.807, 2.05) is 6.92 Å². The fraction of sp³-hybridized carbons (Fsp3) is 0.333. The molecule has 1 atom stereocenters. The predicted octanol–water partition coefficient (Wildman–Crippen LogP) is 0.655. The van der Waals surface area contributed by atoms with Gasteiger partial charge in [0.05, 0.1) is 6.54 Å². The zero-order valence-corrected chi connectivity index (χ0v) is 8.75. The summed E-state index contributed by atoms with van der Waals surface area (Å²) in [4.78, 5) is 0. The number of hydrogen-bond donors (Lipinski definition) is 3. The van der Waals surface area contributed by atoms with E-state index in [9.17, 15) is 0 Å². The Morgan fingerprint density at radius 1 is 1.50 bits per heavy atom. The van der Waals surface area contributed by atoms with Crippen molar-refractivity contribution in [1.82, 2.24) is 0 Å². The molecule has 1 rings (SSSR count). The summed E-state index contributed by atoms with van der Waals surface area (Å²) in [5.74, 6) is 0.574. The number of benzene rings is 1. The van der Waals surface area contributed by atoms with E-state index in [4.69, 9.17) is 21.3 Å². The maximum Gasteiger partial charge on any atom is 0.209 e. The Balaban J connectivity index is 0.00000169. The molecule has 0 amide bonds. The van der Waals surface area contributed by atoms with Gasteiger partial charge in [-0.05, 0) is 30.7 Å². The van der Waals surface area contributed by atoms with Crippen molar-refractivity contribution in [2.24, 2.45) is 5.73 Å². The number of nitrogen functional groups attached to an aromatic ring is 1. The molecule has 1 unspecified atom stereocenters. The summed E-state index contributed by atoms with van der Waals surface area (Å²) in [5, 5.41) is 9.09. The highest BCUT2D eigenvalue weighted by atomic mass is 35.5. The molecule has 0 radical (unpaired) electrons. The van der Waals surface area contributed by atoms with E-state index in [-0.39, 0.29) is 19.0 Å². The third-order valence-electron chi connectivity index (χ3n) is 1.72. The molecule has 0 aliphatic rings. The molecule has 0 saturated heterocycles. The van der Waals surface area contributed by atoms with Crippen molar-refractivity contribution in [1.29, 1.82) is 0 Å². The molecule has 0 fully saturated rings. The van der Waals surface area contributed by atoms with Crippen LogP contribution in [-0.4, -0.2) is 17.9 Å². The lowest BCUT2D eigenvalue weighted by Crippen LogP contribution is -2.25. The monoisotopic (exact) mass is 218 g/mol. The van der Waals surface area contributed by atoms with Gasteiger partial charge in [-0.15, -0.1) is 12.4 Å². The van der Waals surface area contributed by atoms with Crippen molar-refractivity contribution in [3.63, 3.8) is 0 Å². The topological polar surface area (TPSA) is 81.5 Å². The Kier molecular flexibility index (Phi) is 5.30. The zero-order valence-electron chi connectivity index (χ0n) is 7.93. The third-order valence-corrected chi connectivity index (χ3v) is 1.72. The molecule has 0 heterocycles. The first-order chi connectivity index (χ1) is 6.13. The minimum absolute atomic E-state index is 0. The van der Waals surface area contributed by atoms with Gasteiger partial charge in [-0.3, -0.25) is 0 Å². The van der Waals surface area contributed by atoms with Crippen LogP contribution in [0.4, 0.5) is 5.69 Å². The van der Waals surface area contributed by atoms with Crippen LogP contribution in [0.2, 0.25) is 0 Å². The summed E-state index contributed by atoms with van der Waals surface area (Å²) in [6.45, 7) is 1.94. The van der Waals surface area contributed by atoms with Gasteiger partial charge in [0, 0.05) is 5.69 Å². The first-order valence-corrected chi connectivity index (χ1v) is 4.04. The number of nitrogens with two attached hydrogens (primary N) is 2. The van der Waals surface area contributed by atoms with Crippen molar-refractivity contribution < 1.29 is 9.84 Å². The number of aliphatic hydroxyl groups excluding tert-OH is 1. The van der Waals surface area contributed by atoms with Crippen molar-refractivity contribution >= 4 is 18.1 Å². The van der Waals surface area contributed by atoms with Gasteiger partial charge >= 0.3 is 0 Å². The van der Waals surface area contributed by atoms with Gasteiger partial charge in [0.15, 0.2) is 0 Å². The largest absolute Gasteiger partial charge is 0.464 e. The second kappa shape index (κ2) is 5.70. The predicted molar refractivity (Wildman–Crippen MR) is 58.5 cm³/mol. The molecule has 1 aromatic carbocycles. The van der Waals surface area contributed by atoms with Crippen molar-refractivity contribution in [2.75, 3.05) is 12.3 Å². The van der Waals surface area contributed by atoms with Crippen LogP contribution in [0.15, 0.2) is 18.2 Å². The van der Waals surface area contributed by atoms with E-state index in [0.717, 1.165) is 5.56 Å². The van der Waals surface area contributed by atoms with Crippen LogP contribution < -0.4 is 16.2 Å². The Labute approximate surface area is 89.3 Å². The second-order valence-corrected chi connectivity index (χ2v) is 2.83. The molecule has 14 heavy (non-hydrogen) atoms. The highest BCUT2D eigenvalue weighted by Crippen LogP contribution is 2.18. The fourth-order valence-electron chi connectivity index (χ4n) is 0.927. The van der Waals surface area contributed by atoms with Gasteiger partial charge in [0.25, 0.3) is 0 Å². The Morgan fingerprint density at radius 2 is 2.14 bits per heavy atom. The summed E-state index contributed by atoms with van der Waals surface area (Å²) in [5.41, 5.74) is 12.4. The Morgan fingerprint density at radius 3 is 2.64 bits per heavy atom. The molecular weight excluding hydrogens is 204 g/mol. The molecule has 1 aromatic rings. The van der Waals surface area contributed by atoms with Gasteiger partial charge in [0.1, 0.15) is 5.75 Å². The lowest BCUT2D eigenvalue weighted by Gasteiger charge is -2.12. The number of aliphatic hydroxyl groups is 1. The molecule has 4 nitrogen and oxygen atoms in total. The van der Waals surface area contributed by atoms with E-state index < -0.39 is 6.29 Å². The average Bonchev–Trinajstić information content (AvgIpc) is 2.11. The third kappa shape index (κ3) is 3.41. The Hall–Kier alpha value is -0.970. The molecule has 0 aliphatic carbocycles. The Bertz CT molecular complexity index is 294. The molecule has 0 spiro atoms. The van der Waals surface area contributed by atoms with Crippen LogP contribution in [0.5, 0.6) is 5.75 Å². The summed E-state index contributed by atoms with van der Waals surface area (Å²) in [7, 11) is 0. The molecule has 5 heteroatoms. The number of rotatable bonds is 3. The number of aryl methyl sites for hydroxylation is 1. The highest BCUT2D eigenvalue weighted by Gasteiger charge is 2.03. The van der Waals surface area contributed by atoms with Crippen LogP contribution in [0, 0.1) is 6.92 Å². The number of halogens is 1. The minimum atomic E-state index is -0.956. The summed E-state index contributed by atoms with van der Waals surface area (Å²) in [6.07, 6.45) is -0.956. The first kappa shape index (κ1) is 13.0. The van der Waals surface area contributed by atoms with E-state index in [1.54, 1.807) is 18.2 Å². The van der Waals surface area contributed by atoms with Gasteiger partial charge in [0.2, 0.25) is 6.29 Å². The van der Waals surface area contributed by atoms with Gasteiger partial charge in [-0.1, -0.05) is 0 Å². The average molecular weight is 219 g/mol. The minimum Gasteiger partial charge on any atom is -0.464 e. The standard InChI is InChI=1S/C9H14N2O2.ClH/c1-6-4-7(2-3-8(6)11)13-9(12)5-10;/h2-4,9,12H,5,10-11H2,1H3;1H. The van der Waals surface area contributed by atoms with Gasteiger partial charge < -0.3 is 21.3 Å². The fourth-order valence-corrected chi connectivity index (χ4v) is 0.927. The van der Waals surface area contributed by atoms with E-state index in [0.29, 0.717) is 11.4 Å².